The third kappa shape index (κ3) is 2.76. The fourth-order valence-electron chi connectivity index (χ4n) is 1.60. The molecule has 1 heterocycles. The van der Waals surface area contributed by atoms with E-state index < -0.39 is 10.7 Å². The minimum Gasteiger partial charge on any atom is -0.373 e. The summed E-state index contributed by atoms with van der Waals surface area (Å²) >= 11 is 0. The molecule has 1 aromatic carbocycles. The Bertz CT molecular complexity index is 624. The number of para-hydroxylation sites is 1. The normalized spacial score (nSPS) is 10.2. The topological polar surface area (TPSA) is 73.0 Å². The van der Waals surface area contributed by atoms with E-state index in [1.54, 1.807) is 12.4 Å². The largest absolute Gasteiger partial charge is 0.373 e. The van der Waals surface area contributed by atoms with Gasteiger partial charge in [0.15, 0.2) is 5.82 Å². The smallest absolute Gasteiger partial charge is 0.295 e. The number of hydrogen-bond acceptors (Lipinski definition) is 4. The van der Waals surface area contributed by atoms with E-state index in [1.807, 2.05) is 0 Å². The molecule has 0 aliphatic rings. The Labute approximate surface area is 108 Å². The van der Waals surface area contributed by atoms with E-state index in [4.69, 9.17) is 0 Å². The van der Waals surface area contributed by atoms with Gasteiger partial charge in [0.1, 0.15) is 5.69 Å². The van der Waals surface area contributed by atoms with Crippen LogP contribution in [0, 0.1) is 15.9 Å². The molecule has 7 heteroatoms. The van der Waals surface area contributed by atoms with Crippen LogP contribution in [0.3, 0.4) is 0 Å². The van der Waals surface area contributed by atoms with Crippen LogP contribution in [0.25, 0.3) is 6.20 Å². The molecule has 0 spiro atoms. The first-order valence-electron chi connectivity index (χ1n) is 5.44. The van der Waals surface area contributed by atoms with Crippen LogP contribution >= 0.6 is 0 Å². The lowest BCUT2D eigenvalue weighted by molar-refractivity contribution is -0.384. The Morgan fingerprint density at radius 2 is 2.37 bits per heavy atom. The minimum atomic E-state index is -0.662. The lowest BCUT2D eigenvalue weighted by atomic mass is 10.2. The highest BCUT2D eigenvalue weighted by Gasteiger charge is 2.17. The van der Waals surface area contributed by atoms with Gasteiger partial charge >= 0.3 is 0 Å². The number of nitro groups is 1. The van der Waals surface area contributed by atoms with Gasteiger partial charge in [0.2, 0.25) is 0 Å². The molecule has 2 rings (SSSR count). The van der Waals surface area contributed by atoms with Crippen LogP contribution in [0.1, 0.15) is 5.56 Å². The first-order chi connectivity index (χ1) is 9.11. The number of rotatable bonds is 5. The third-order valence-corrected chi connectivity index (χ3v) is 2.50. The van der Waals surface area contributed by atoms with E-state index in [2.05, 4.69) is 17.0 Å². The van der Waals surface area contributed by atoms with Crippen molar-refractivity contribution in [2.24, 2.45) is 0 Å². The first-order valence-corrected chi connectivity index (χ1v) is 5.44. The summed E-state index contributed by atoms with van der Waals surface area (Å²) in [5.41, 5.74) is 0.340. The second kappa shape index (κ2) is 5.30. The zero-order valence-corrected chi connectivity index (χ0v) is 9.91. The monoisotopic (exact) mass is 262 g/mol. The number of aromatic nitrogens is 2. The van der Waals surface area contributed by atoms with Crippen LogP contribution in [0.2, 0.25) is 0 Å². The highest BCUT2D eigenvalue weighted by atomic mass is 19.1. The van der Waals surface area contributed by atoms with E-state index in [0.29, 0.717) is 0 Å². The van der Waals surface area contributed by atoms with Crippen LogP contribution in [0.5, 0.6) is 0 Å². The molecule has 0 saturated heterocycles. The van der Waals surface area contributed by atoms with Crippen molar-refractivity contribution in [3.8, 4) is 0 Å². The van der Waals surface area contributed by atoms with Crippen molar-refractivity contribution >= 4 is 17.6 Å². The molecule has 0 unspecified atom stereocenters. The average molecular weight is 262 g/mol. The molecule has 0 radical (unpaired) electrons. The summed E-state index contributed by atoms with van der Waals surface area (Å²) < 4.78 is 15.1. The number of nitrogens with one attached hydrogen (secondary N) is 1. The number of nitrogens with zero attached hydrogens (tertiary/aromatic N) is 3. The quantitative estimate of drug-likeness (QED) is 0.664. The first kappa shape index (κ1) is 12.7. The maximum atomic E-state index is 13.6. The van der Waals surface area contributed by atoms with Gasteiger partial charge in [-0.3, -0.25) is 10.1 Å². The molecular weight excluding hydrogens is 251 g/mol. The second-order valence-electron chi connectivity index (χ2n) is 3.76. The number of nitro benzene ring substituents is 1. The second-order valence-corrected chi connectivity index (χ2v) is 3.76. The summed E-state index contributed by atoms with van der Waals surface area (Å²) in [5, 5.41) is 17.5. The van der Waals surface area contributed by atoms with Crippen molar-refractivity contribution in [2.75, 3.05) is 5.32 Å². The highest BCUT2D eigenvalue weighted by Crippen LogP contribution is 2.27. The average Bonchev–Trinajstić information content (AvgIpc) is 2.85. The standard InChI is InChI=1S/C12H11FN4O2/c1-2-16-8-9(7-15-16)6-14-12-10(13)4-3-5-11(12)17(18)19/h2-5,7-8,14H,1,6H2. The van der Waals surface area contributed by atoms with Crippen LogP contribution < -0.4 is 5.32 Å². The van der Waals surface area contributed by atoms with Crippen molar-refractivity contribution in [3.05, 3.63) is 58.7 Å². The van der Waals surface area contributed by atoms with E-state index in [1.165, 1.54) is 29.1 Å². The number of benzene rings is 1. The molecule has 1 aromatic heterocycles. The van der Waals surface area contributed by atoms with Crippen molar-refractivity contribution in [2.45, 2.75) is 6.54 Å². The molecule has 0 aliphatic carbocycles. The summed E-state index contributed by atoms with van der Waals surface area (Å²) in [6.45, 7) is 3.78. The van der Waals surface area contributed by atoms with Crippen LogP contribution in [-0.2, 0) is 6.54 Å². The summed E-state index contributed by atoms with van der Waals surface area (Å²) in [5.74, 6) is -0.662. The highest BCUT2D eigenvalue weighted by molar-refractivity contribution is 5.62. The molecule has 98 valence electrons. The molecule has 0 fully saturated rings. The molecule has 0 saturated carbocycles. The van der Waals surface area contributed by atoms with Crippen molar-refractivity contribution in [1.29, 1.82) is 0 Å². The van der Waals surface area contributed by atoms with Gasteiger partial charge in [0.05, 0.1) is 11.1 Å². The van der Waals surface area contributed by atoms with Gasteiger partial charge < -0.3 is 5.32 Å². The van der Waals surface area contributed by atoms with Crippen molar-refractivity contribution in [3.63, 3.8) is 0 Å². The fraction of sp³-hybridized carbons (Fsp3) is 0.0833. The minimum absolute atomic E-state index is 0.126. The maximum Gasteiger partial charge on any atom is 0.295 e. The molecular formula is C12H11FN4O2. The molecule has 0 amide bonds. The molecule has 1 N–H and O–H groups in total. The Morgan fingerprint density at radius 1 is 1.58 bits per heavy atom. The summed E-state index contributed by atoms with van der Waals surface area (Å²) in [7, 11) is 0. The fourth-order valence-corrected chi connectivity index (χ4v) is 1.60. The van der Waals surface area contributed by atoms with Gasteiger partial charge in [-0.15, -0.1) is 0 Å². The molecule has 0 aliphatic heterocycles. The molecule has 0 bridgehead atoms. The lowest BCUT2D eigenvalue weighted by Crippen LogP contribution is -2.04. The van der Waals surface area contributed by atoms with Crippen LogP contribution in [-0.4, -0.2) is 14.7 Å². The van der Waals surface area contributed by atoms with Gasteiger partial charge in [0.25, 0.3) is 5.69 Å². The van der Waals surface area contributed by atoms with E-state index in [0.717, 1.165) is 5.56 Å². The zero-order chi connectivity index (χ0) is 13.8. The third-order valence-electron chi connectivity index (χ3n) is 2.50. The van der Waals surface area contributed by atoms with Crippen molar-refractivity contribution in [1.82, 2.24) is 9.78 Å². The molecule has 19 heavy (non-hydrogen) atoms. The number of hydrogen-bond donors (Lipinski definition) is 1. The van der Waals surface area contributed by atoms with Gasteiger partial charge in [-0.2, -0.15) is 5.10 Å². The van der Waals surface area contributed by atoms with E-state index in [-0.39, 0.29) is 17.9 Å². The lowest BCUT2D eigenvalue weighted by Gasteiger charge is -2.06. The number of anilines is 1. The zero-order valence-electron chi connectivity index (χ0n) is 9.91. The van der Waals surface area contributed by atoms with E-state index in [9.17, 15) is 14.5 Å². The van der Waals surface area contributed by atoms with Gasteiger partial charge in [-0.05, 0) is 6.07 Å². The van der Waals surface area contributed by atoms with E-state index >= 15 is 0 Å². The predicted octanol–water partition coefficient (Wildman–Crippen LogP) is 2.64. The van der Waals surface area contributed by atoms with Gasteiger partial charge in [-0.1, -0.05) is 12.6 Å². The Morgan fingerprint density at radius 3 is 3.00 bits per heavy atom. The molecule has 0 atom stereocenters. The van der Waals surface area contributed by atoms with Gasteiger partial charge in [-0.25, -0.2) is 9.07 Å². The Hall–Kier alpha value is -2.70. The summed E-state index contributed by atoms with van der Waals surface area (Å²) in [6, 6.07) is 3.72. The Kier molecular flexibility index (Phi) is 3.56. The Balaban J connectivity index is 2.19. The number of halogens is 1. The summed E-state index contributed by atoms with van der Waals surface area (Å²) in [6.07, 6.45) is 4.77. The SMILES string of the molecule is C=Cn1cc(CNc2c(F)cccc2[N+](=O)[O-])cn1. The summed E-state index contributed by atoms with van der Waals surface area (Å²) in [4.78, 5) is 10.2. The maximum absolute atomic E-state index is 13.6. The van der Waals surface area contributed by atoms with Crippen molar-refractivity contribution < 1.29 is 9.31 Å². The van der Waals surface area contributed by atoms with Crippen LogP contribution in [0.15, 0.2) is 37.2 Å². The van der Waals surface area contributed by atoms with Gasteiger partial charge in [0, 0.05) is 30.6 Å². The molecule has 6 nitrogen and oxygen atoms in total. The molecule has 2 aromatic rings. The predicted molar refractivity (Wildman–Crippen MR) is 69.0 cm³/mol. The van der Waals surface area contributed by atoms with Crippen LogP contribution in [0.4, 0.5) is 15.8 Å².